The molecular formula is C30H35N7O3. The zero-order valence-corrected chi connectivity index (χ0v) is 22.8. The summed E-state index contributed by atoms with van der Waals surface area (Å²) in [7, 11) is 0. The number of hydrazine groups is 1. The van der Waals surface area contributed by atoms with Crippen LogP contribution in [0.4, 0.5) is 5.69 Å². The fraction of sp³-hybridized carbons (Fsp3) is 0.300. The molecule has 1 aromatic heterocycles. The summed E-state index contributed by atoms with van der Waals surface area (Å²) in [5.74, 6) is 5.36. The molecule has 3 aromatic carbocycles. The van der Waals surface area contributed by atoms with Gasteiger partial charge in [-0.15, -0.1) is 5.10 Å². The summed E-state index contributed by atoms with van der Waals surface area (Å²) in [6.45, 7) is 7.02. The number of amidine groups is 1. The molecule has 40 heavy (non-hydrogen) atoms. The Labute approximate surface area is 233 Å². The fourth-order valence-electron chi connectivity index (χ4n) is 5.44. The fourth-order valence-corrected chi connectivity index (χ4v) is 5.44. The van der Waals surface area contributed by atoms with Crippen molar-refractivity contribution in [2.75, 3.05) is 24.6 Å². The smallest absolute Gasteiger partial charge is 0.337 e. The Hall–Kier alpha value is -4.57. The van der Waals surface area contributed by atoms with E-state index in [0.29, 0.717) is 41.9 Å². The van der Waals surface area contributed by atoms with Crippen molar-refractivity contribution in [2.45, 2.75) is 33.2 Å². The van der Waals surface area contributed by atoms with Crippen molar-refractivity contribution in [3.8, 4) is 17.1 Å². The zero-order chi connectivity index (χ0) is 28.2. The molecule has 0 bridgehead atoms. The quantitative estimate of drug-likeness (QED) is 0.107. The third-order valence-corrected chi connectivity index (χ3v) is 7.33. The molecule has 10 nitrogen and oxygen atoms in total. The summed E-state index contributed by atoms with van der Waals surface area (Å²) in [6, 6.07) is 19.8. The van der Waals surface area contributed by atoms with Crippen molar-refractivity contribution in [3.05, 3.63) is 77.4 Å². The van der Waals surface area contributed by atoms with Crippen LogP contribution in [0.1, 0.15) is 48.2 Å². The van der Waals surface area contributed by atoms with Gasteiger partial charge in [-0.3, -0.25) is 4.57 Å². The number of carboxylic acids is 1. The van der Waals surface area contributed by atoms with E-state index in [0.717, 1.165) is 41.0 Å². The van der Waals surface area contributed by atoms with Gasteiger partial charge in [-0.1, -0.05) is 37.3 Å². The molecule has 1 aliphatic heterocycles. The number of para-hydroxylation sites is 1. The maximum atomic E-state index is 12.0. The second-order valence-electron chi connectivity index (χ2n) is 10.1. The molecule has 5 rings (SSSR count). The van der Waals surface area contributed by atoms with Crippen LogP contribution in [0.5, 0.6) is 6.01 Å². The van der Waals surface area contributed by atoms with E-state index >= 15 is 0 Å². The van der Waals surface area contributed by atoms with Gasteiger partial charge >= 0.3 is 5.97 Å². The lowest BCUT2D eigenvalue weighted by Gasteiger charge is -2.33. The molecular weight excluding hydrogens is 506 g/mol. The van der Waals surface area contributed by atoms with Crippen molar-refractivity contribution >= 4 is 28.5 Å². The number of benzene rings is 3. The monoisotopic (exact) mass is 541 g/mol. The predicted octanol–water partition coefficient (Wildman–Crippen LogP) is 4.17. The van der Waals surface area contributed by atoms with Gasteiger partial charge in [0.2, 0.25) is 0 Å². The lowest BCUT2D eigenvalue weighted by Crippen LogP contribution is -2.34. The average Bonchev–Trinajstić information content (AvgIpc) is 3.30. The Morgan fingerprint density at radius 2 is 1.98 bits per heavy atom. The number of rotatable bonds is 9. The molecule has 4 aromatic rings. The minimum atomic E-state index is -1.01. The first kappa shape index (κ1) is 27.0. The number of piperidine rings is 1. The highest BCUT2D eigenvalue weighted by atomic mass is 16.5. The topological polar surface area (TPSA) is 144 Å². The third-order valence-electron chi connectivity index (χ3n) is 7.33. The predicted molar refractivity (Wildman–Crippen MR) is 157 cm³/mol. The van der Waals surface area contributed by atoms with E-state index in [1.54, 1.807) is 18.2 Å². The van der Waals surface area contributed by atoms with Gasteiger partial charge in [-0.2, -0.15) is 4.98 Å². The van der Waals surface area contributed by atoms with Gasteiger partial charge in [0.1, 0.15) is 0 Å². The molecule has 0 aliphatic carbocycles. The van der Waals surface area contributed by atoms with E-state index in [4.69, 9.17) is 16.3 Å². The van der Waals surface area contributed by atoms with E-state index < -0.39 is 5.97 Å². The Balaban J connectivity index is 1.52. The first-order valence-electron chi connectivity index (χ1n) is 13.5. The SMILES string of the molecule is CCOc1nc2cccc(C(=O)O)c2n1Cc1ccc(-c2cc(N3CCCC(C)C3)ccc2/C(N)=N/NN)cc1. The normalized spacial score (nSPS) is 15.8. The number of hydrazone groups is 1. The number of fused-ring (bicyclic) bond motifs is 1. The maximum absolute atomic E-state index is 12.0. The van der Waals surface area contributed by atoms with Crippen LogP contribution in [0.2, 0.25) is 0 Å². The van der Waals surface area contributed by atoms with Crippen LogP contribution in [0, 0.1) is 5.92 Å². The van der Waals surface area contributed by atoms with Crippen LogP contribution in [-0.2, 0) is 6.54 Å². The number of anilines is 1. The van der Waals surface area contributed by atoms with Crippen LogP contribution in [0.25, 0.3) is 22.2 Å². The minimum absolute atomic E-state index is 0.185. The van der Waals surface area contributed by atoms with Crippen LogP contribution >= 0.6 is 0 Å². The highest BCUT2D eigenvalue weighted by Crippen LogP contribution is 2.32. The number of nitrogens with one attached hydrogen (secondary N) is 1. The Morgan fingerprint density at radius 1 is 1.18 bits per heavy atom. The van der Waals surface area contributed by atoms with E-state index in [-0.39, 0.29) is 5.56 Å². The summed E-state index contributed by atoms with van der Waals surface area (Å²) < 4.78 is 7.59. The van der Waals surface area contributed by atoms with Crippen molar-refractivity contribution in [1.82, 2.24) is 15.1 Å². The molecule has 1 atom stereocenters. The second-order valence-corrected chi connectivity index (χ2v) is 10.1. The minimum Gasteiger partial charge on any atom is -0.478 e. The molecule has 208 valence electrons. The van der Waals surface area contributed by atoms with Crippen molar-refractivity contribution < 1.29 is 14.6 Å². The van der Waals surface area contributed by atoms with E-state index in [9.17, 15) is 9.90 Å². The number of hydrogen-bond donors (Lipinski definition) is 4. The number of carboxylic acid groups (broad SMARTS) is 1. The van der Waals surface area contributed by atoms with Gasteiger partial charge in [-0.05, 0) is 72.7 Å². The first-order chi connectivity index (χ1) is 19.4. The Bertz CT molecular complexity index is 1550. The molecule has 1 fully saturated rings. The molecule has 6 N–H and O–H groups in total. The van der Waals surface area contributed by atoms with Crippen LogP contribution in [0.15, 0.2) is 65.8 Å². The van der Waals surface area contributed by atoms with Gasteiger partial charge in [0.15, 0.2) is 5.84 Å². The summed E-state index contributed by atoms with van der Waals surface area (Å²) in [5, 5.41) is 13.8. The molecule has 0 radical (unpaired) electrons. The number of imidazole rings is 1. The zero-order valence-electron chi connectivity index (χ0n) is 22.8. The molecule has 1 aliphatic rings. The van der Waals surface area contributed by atoms with Gasteiger partial charge < -0.3 is 20.5 Å². The number of aromatic nitrogens is 2. The van der Waals surface area contributed by atoms with Crippen LogP contribution in [0.3, 0.4) is 0 Å². The third kappa shape index (κ3) is 5.43. The maximum Gasteiger partial charge on any atom is 0.337 e. The van der Waals surface area contributed by atoms with Crippen LogP contribution in [-0.4, -0.2) is 46.2 Å². The number of carbonyl (C=O) groups is 1. The highest BCUT2D eigenvalue weighted by Gasteiger charge is 2.21. The lowest BCUT2D eigenvalue weighted by molar-refractivity contribution is 0.0698. The number of nitrogens with zero attached hydrogens (tertiary/aromatic N) is 4. The van der Waals surface area contributed by atoms with Gasteiger partial charge in [0, 0.05) is 24.3 Å². The summed E-state index contributed by atoms with van der Waals surface area (Å²) >= 11 is 0. The number of hydrogen-bond acceptors (Lipinski definition) is 7. The first-order valence-corrected chi connectivity index (χ1v) is 13.5. The number of aromatic carboxylic acids is 1. The summed E-state index contributed by atoms with van der Waals surface area (Å²) in [6.07, 6.45) is 2.42. The molecule has 1 unspecified atom stereocenters. The molecule has 0 amide bonds. The molecule has 1 saturated heterocycles. The average molecular weight is 542 g/mol. The summed E-state index contributed by atoms with van der Waals surface area (Å²) in [5.41, 5.74) is 14.7. The second kappa shape index (κ2) is 11.7. The van der Waals surface area contributed by atoms with Crippen molar-refractivity contribution in [1.29, 1.82) is 0 Å². The highest BCUT2D eigenvalue weighted by molar-refractivity contribution is 6.04. The molecule has 10 heteroatoms. The molecule has 0 spiro atoms. The van der Waals surface area contributed by atoms with E-state index in [2.05, 4.69) is 39.6 Å². The molecule has 2 heterocycles. The lowest BCUT2D eigenvalue weighted by atomic mass is 9.95. The Kier molecular flexibility index (Phi) is 7.88. The molecule has 0 saturated carbocycles. The van der Waals surface area contributed by atoms with Gasteiger partial charge in [-0.25, -0.2) is 16.2 Å². The van der Waals surface area contributed by atoms with Crippen molar-refractivity contribution in [2.24, 2.45) is 22.6 Å². The van der Waals surface area contributed by atoms with E-state index in [1.807, 2.05) is 41.8 Å². The largest absolute Gasteiger partial charge is 0.478 e. The van der Waals surface area contributed by atoms with Gasteiger partial charge in [0.25, 0.3) is 6.01 Å². The standard InChI is InChI=1S/C30H35N7O3/c1-3-40-30-33-26-8-4-7-24(29(38)39)27(26)37(30)18-20-9-11-21(12-10-20)25-16-22(36-15-5-6-19(2)17-36)13-14-23(25)28(31)34-35-32/h4,7-14,16,19,35H,3,5-6,15,17-18,32H2,1-2H3,(H2,31,34)(H,38,39). The number of ether oxygens (including phenoxy) is 1. The van der Waals surface area contributed by atoms with Crippen molar-refractivity contribution in [3.63, 3.8) is 0 Å². The van der Waals surface area contributed by atoms with Crippen LogP contribution < -0.4 is 26.7 Å². The number of nitrogens with two attached hydrogens (primary N) is 2. The van der Waals surface area contributed by atoms with E-state index in [1.165, 1.54) is 12.8 Å². The van der Waals surface area contributed by atoms with Gasteiger partial charge in [0.05, 0.1) is 29.7 Å². The Morgan fingerprint density at radius 3 is 2.67 bits per heavy atom. The summed E-state index contributed by atoms with van der Waals surface area (Å²) in [4.78, 5) is 18.9.